The fourth-order valence-electron chi connectivity index (χ4n) is 1.85. The predicted molar refractivity (Wildman–Crippen MR) is 63.7 cm³/mol. The first-order valence-electron chi connectivity index (χ1n) is 5.13. The van der Waals surface area contributed by atoms with Crippen molar-refractivity contribution >= 4 is 21.4 Å². The van der Waals surface area contributed by atoms with Gasteiger partial charge in [0, 0.05) is 28.6 Å². The third-order valence-corrected chi connectivity index (χ3v) is 3.74. The second-order valence-electron chi connectivity index (χ2n) is 4.25. The molecule has 15 heavy (non-hydrogen) atoms. The van der Waals surface area contributed by atoms with Crippen LogP contribution in [0.3, 0.4) is 0 Å². The van der Waals surface area contributed by atoms with Gasteiger partial charge in [-0.25, -0.2) is 0 Å². The minimum atomic E-state index is -0.0101. The van der Waals surface area contributed by atoms with Gasteiger partial charge < -0.3 is 10.1 Å². The van der Waals surface area contributed by atoms with Crippen molar-refractivity contribution < 1.29 is 4.74 Å². The molecule has 3 heteroatoms. The molecule has 0 spiro atoms. The van der Waals surface area contributed by atoms with Crippen LogP contribution in [0.4, 0.5) is 0 Å². The first kappa shape index (κ1) is 9.19. The van der Waals surface area contributed by atoms with Crippen molar-refractivity contribution in [2.45, 2.75) is 12.5 Å². The van der Waals surface area contributed by atoms with Gasteiger partial charge in [-0.05, 0) is 19.1 Å². The van der Waals surface area contributed by atoms with E-state index in [9.17, 15) is 0 Å². The average molecular weight is 219 g/mol. The normalized spacial score (nSPS) is 18.7. The molecule has 1 aliphatic rings. The van der Waals surface area contributed by atoms with E-state index in [4.69, 9.17) is 4.74 Å². The van der Waals surface area contributed by atoms with E-state index in [0.717, 1.165) is 18.8 Å². The summed E-state index contributed by atoms with van der Waals surface area (Å²) in [6, 6.07) is 8.38. The average Bonchev–Trinajstić information content (AvgIpc) is 2.60. The van der Waals surface area contributed by atoms with Crippen LogP contribution in [0, 0.1) is 0 Å². The Kier molecular flexibility index (Phi) is 1.97. The summed E-state index contributed by atoms with van der Waals surface area (Å²) in [4.78, 5) is 0. The minimum Gasteiger partial charge on any atom is -0.483 e. The summed E-state index contributed by atoms with van der Waals surface area (Å²) in [6.45, 7) is 4.03. The molecule has 1 saturated heterocycles. The highest BCUT2D eigenvalue weighted by molar-refractivity contribution is 7.17. The van der Waals surface area contributed by atoms with E-state index in [0.29, 0.717) is 0 Å². The highest BCUT2D eigenvalue weighted by Gasteiger charge is 2.34. The van der Waals surface area contributed by atoms with E-state index in [2.05, 4.69) is 41.9 Å². The molecule has 3 rings (SSSR count). The van der Waals surface area contributed by atoms with Crippen molar-refractivity contribution in [2.24, 2.45) is 0 Å². The standard InChI is InChI=1S/C12H13NOS/c1-12(7-13-8-12)14-10-6-15-11-5-3-2-4-9(10)11/h2-6,13H,7-8H2,1H3. The first-order valence-corrected chi connectivity index (χ1v) is 6.01. The van der Waals surface area contributed by atoms with Crippen LogP contribution in [0.5, 0.6) is 5.75 Å². The molecule has 0 radical (unpaired) electrons. The Morgan fingerprint density at radius 3 is 2.87 bits per heavy atom. The van der Waals surface area contributed by atoms with Gasteiger partial charge in [-0.1, -0.05) is 12.1 Å². The van der Waals surface area contributed by atoms with E-state index in [1.54, 1.807) is 11.3 Å². The molecule has 1 aliphatic heterocycles. The van der Waals surface area contributed by atoms with E-state index in [1.807, 2.05) is 0 Å². The van der Waals surface area contributed by atoms with Gasteiger partial charge in [0.1, 0.15) is 11.4 Å². The van der Waals surface area contributed by atoms with Gasteiger partial charge in [-0.2, -0.15) is 0 Å². The third kappa shape index (κ3) is 1.52. The summed E-state index contributed by atoms with van der Waals surface area (Å²) in [5, 5.41) is 6.58. The van der Waals surface area contributed by atoms with Crippen LogP contribution in [-0.2, 0) is 0 Å². The summed E-state index contributed by atoms with van der Waals surface area (Å²) in [5.74, 6) is 1.03. The highest BCUT2D eigenvalue weighted by atomic mass is 32.1. The van der Waals surface area contributed by atoms with E-state index in [-0.39, 0.29) is 5.60 Å². The molecule has 1 aromatic carbocycles. The van der Waals surface area contributed by atoms with Gasteiger partial charge in [-0.3, -0.25) is 0 Å². The third-order valence-electron chi connectivity index (χ3n) is 2.80. The number of hydrogen-bond donors (Lipinski definition) is 1. The quantitative estimate of drug-likeness (QED) is 0.838. The van der Waals surface area contributed by atoms with Crippen LogP contribution in [0.25, 0.3) is 10.1 Å². The summed E-state index contributed by atoms with van der Waals surface area (Å²) in [7, 11) is 0. The van der Waals surface area contributed by atoms with Crippen LogP contribution in [0.15, 0.2) is 29.6 Å². The molecular formula is C12H13NOS. The number of hydrogen-bond acceptors (Lipinski definition) is 3. The maximum absolute atomic E-state index is 6.04. The van der Waals surface area contributed by atoms with Crippen LogP contribution < -0.4 is 10.1 Å². The number of nitrogens with one attached hydrogen (secondary N) is 1. The highest BCUT2D eigenvalue weighted by Crippen LogP contribution is 2.34. The number of thiophene rings is 1. The summed E-state index contributed by atoms with van der Waals surface area (Å²) < 4.78 is 7.33. The molecule has 1 N–H and O–H groups in total. The minimum absolute atomic E-state index is 0.0101. The molecule has 0 amide bonds. The summed E-state index contributed by atoms with van der Waals surface area (Å²) in [6.07, 6.45) is 0. The Morgan fingerprint density at radius 2 is 2.13 bits per heavy atom. The Bertz CT molecular complexity index is 487. The van der Waals surface area contributed by atoms with E-state index in [1.165, 1.54) is 10.1 Å². The maximum atomic E-state index is 6.04. The van der Waals surface area contributed by atoms with Crippen LogP contribution in [-0.4, -0.2) is 18.7 Å². The number of fused-ring (bicyclic) bond motifs is 1. The molecular weight excluding hydrogens is 206 g/mol. The van der Waals surface area contributed by atoms with E-state index >= 15 is 0 Å². The summed E-state index contributed by atoms with van der Waals surface area (Å²) >= 11 is 1.74. The van der Waals surface area contributed by atoms with Crippen LogP contribution >= 0.6 is 11.3 Å². The molecule has 1 fully saturated rings. The molecule has 1 aromatic heterocycles. The second kappa shape index (κ2) is 3.22. The number of ether oxygens (including phenoxy) is 1. The van der Waals surface area contributed by atoms with Gasteiger partial charge in [0.05, 0.1) is 0 Å². The lowest BCUT2D eigenvalue weighted by Gasteiger charge is -2.39. The van der Waals surface area contributed by atoms with Crippen molar-refractivity contribution in [2.75, 3.05) is 13.1 Å². The van der Waals surface area contributed by atoms with Crippen molar-refractivity contribution in [1.82, 2.24) is 5.32 Å². The Balaban J connectivity index is 1.97. The lowest BCUT2D eigenvalue weighted by atomic mass is 10.00. The van der Waals surface area contributed by atoms with Gasteiger partial charge in [0.15, 0.2) is 0 Å². The van der Waals surface area contributed by atoms with Gasteiger partial charge >= 0.3 is 0 Å². The van der Waals surface area contributed by atoms with Gasteiger partial charge in [0.25, 0.3) is 0 Å². The molecule has 2 nitrogen and oxygen atoms in total. The van der Waals surface area contributed by atoms with E-state index < -0.39 is 0 Å². The molecule has 78 valence electrons. The van der Waals surface area contributed by atoms with Crippen molar-refractivity contribution in [3.05, 3.63) is 29.6 Å². The van der Waals surface area contributed by atoms with Crippen molar-refractivity contribution in [1.29, 1.82) is 0 Å². The zero-order chi connectivity index (χ0) is 10.3. The van der Waals surface area contributed by atoms with Crippen LogP contribution in [0.1, 0.15) is 6.92 Å². The largest absolute Gasteiger partial charge is 0.483 e. The predicted octanol–water partition coefficient (Wildman–Crippen LogP) is 2.64. The SMILES string of the molecule is CC1(Oc2csc3ccccc23)CNC1. The van der Waals surface area contributed by atoms with Gasteiger partial charge in [0.2, 0.25) is 0 Å². The summed E-state index contributed by atoms with van der Waals surface area (Å²) in [5.41, 5.74) is -0.0101. The fourth-order valence-corrected chi connectivity index (χ4v) is 2.71. The van der Waals surface area contributed by atoms with Crippen molar-refractivity contribution in [3.8, 4) is 5.75 Å². The topological polar surface area (TPSA) is 21.3 Å². The Hall–Kier alpha value is -1.06. The fraction of sp³-hybridized carbons (Fsp3) is 0.333. The Morgan fingerprint density at radius 1 is 1.33 bits per heavy atom. The lowest BCUT2D eigenvalue weighted by molar-refractivity contribution is 0.0367. The lowest BCUT2D eigenvalue weighted by Crippen LogP contribution is -2.60. The van der Waals surface area contributed by atoms with Gasteiger partial charge in [-0.15, -0.1) is 11.3 Å². The Labute approximate surface area is 92.9 Å². The zero-order valence-electron chi connectivity index (χ0n) is 8.62. The smallest absolute Gasteiger partial charge is 0.138 e. The molecule has 0 unspecified atom stereocenters. The molecule has 0 atom stereocenters. The molecule has 0 bridgehead atoms. The molecule has 0 saturated carbocycles. The molecule has 2 heterocycles. The second-order valence-corrected chi connectivity index (χ2v) is 5.16. The molecule has 2 aromatic rings. The van der Waals surface area contributed by atoms with Crippen molar-refractivity contribution in [3.63, 3.8) is 0 Å². The van der Waals surface area contributed by atoms with Crippen LogP contribution in [0.2, 0.25) is 0 Å². The number of rotatable bonds is 2. The monoisotopic (exact) mass is 219 g/mol. The zero-order valence-corrected chi connectivity index (χ0v) is 9.43. The number of benzene rings is 1. The first-order chi connectivity index (χ1) is 7.27. The maximum Gasteiger partial charge on any atom is 0.138 e. The molecule has 0 aliphatic carbocycles.